The zero-order chi connectivity index (χ0) is 23.2. The molecule has 1 aliphatic heterocycles. The minimum Gasteiger partial charge on any atom is -0.490 e. The number of aryl methyl sites for hydroxylation is 1. The Morgan fingerprint density at radius 3 is 2.48 bits per heavy atom. The molecular weight excluding hydrogens is 416 g/mol. The zero-order valence-corrected chi connectivity index (χ0v) is 18.7. The molecule has 3 aromatic rings. The molecule has 0 aromatic heterocycles. The van der Waals surface area contributed by atoms with Gasteiger partial charge in [-0.25, -0.2) is 0 Å². The van der Waals surface area contributed by atoms with Gasteiger partial charge in [-0.05, 0) is 54.8 Å². The first-order chi connectivity index (χ1) is 16.0. The predicted octanol–water partition coefficient (Wildman–Crippen LogP) is 5.46. The number of hydrogen-bond acceptors (Lipinski definition) is 4. The van der Waals surface area contributed by atoms with Crippen molar-refractivity contribution in [3.8, 4) is 40.2 Å². The summed E-state index contributed by atoms with van der Waals surface area (Å²) < 4.78 is 17.9. The minimum atomic E-state index is -0.872. The third-order valence-electron chi connectivity index (χ3n) is 5.46. The molecule has 4 rings (SSSR count). The number of benzene rings is 3. The molecule has 0 unspecified atom stereocenters. The summed E-state index contributed by atoms with van der Waals surface area (Å²) in [4.78, 5) is 11.1. The first kappa shape index (κ1) is 22.3. The van der Waals surface area contributed by atoms with Crippen LogP contribution in [0.5, 0.6) is 17.2 Å². The van der Waals surface area contributed by atoms with Gasteiger partial charge < -0.3 is 19.3 Å². The van der Waals surface area contributed by atoms with Crippen LogP contribution in [0.1, 0.15) is 30.4 Å². The summed E-state index contributed by atoms with van der Waals surface area (Å²) in [5.74, 6) is 6.67. The summed E-state index contributed by atoms with van der Waals surface area (Å²) in [6.07, 6.45) is -0.269. The van der Waals surface area contributed by atoms with Gasteiger partial charge in [-0.3, -0.25) is 4.79 Å². The molecule has 0 spiro atoms. The monoisotopic (exact) mass is 442 g/mol. The lowest BCUT2D eigenvalue weighted by atomic mass is 9.96. The fourth-order valence-electron chi connectivity index (χ4n) is 3.71. The Hall–Kier alpha value is -3.91. The van der Waals surface area contributed by atoms with E-state index in [0.717, 1.165) is 22.4 Å². The van der Waals surface area contributed by atoms with Crippen LogP contribution in [0.3, 0.4) is 0 Å². The molecule has 0 saturated heterocycles. The van der Waals surface area contributed by atoms with Crippen LogP contribution in [0, 0.1) is 18.8 Å². The second kappa shape index (κ2) is 10.1. The highest BCUT2D eigenvalue weighted by Gasteiger charge is 2.22. The smallest absolute Gasteiger partial charge is 0.304 e. The number of carbonyl (C=O) groups is 1. The number of rotatable bonds is 7. The van der Waals surface area contributed by atoms with Gasteiger partial charge in [0.2, 0.25) is 0 Å². The van der Waals surface area contributed by atoms with Gasteiger partial charge in [0, 0.05) is 0 Å². The molecule has 5 heteroatoms. The fourth-order valence-corrected chi connectivity index (χ4v) is 3.71. The van der Waals surface area contributed by atoms with E-state index in [2.05, 4.69) is 43.0 Å². The van der Waals surface area contributed by atoms with Crippen molar-refractivity contribution in [1.29, 1.82) is 0 Å². The average molecular weight is 443 g/mol. The van der Waals surface area contributed by atoms with E-state index < -0.39 is 5.97 Å². The molecule has 168 valence electrons. The van der Waals surface area contributed by atoms with Crippen LogP contribution in [0.2, 0.25) is 0 Å². The Morgan fingerprint density at radius 2 is 1.79 bits per heavy atom. The summed E-state index contributed by atoms with van der Waals surface area (Å²) in [6.45, 7) is 4.52. The molecule has 0 saturated carbocycles. The SMILES string of the molecule is CC#C[C@@H](CC(=O)O)c1ccc(OC[C@H]2COc3ccc(-c4ccc(C)cc4)cc3O2)cc1. The van der Waals surface area contributed by atoms with Gasteiger partial charge in [0.25, 0.3) is 0 Å². The van der Waals surface area contributed by atoms with Crippen molar-refractivity contribution in [1.82, 2.24) is 0 Å². The molecule has 5 nitrogen and oxygen atoms in total. The number of carboxylic acid groups (broad SMARTS) is 1. The van der Waals surface area contributed by atoms with Gasteiger partial charge in [-0.1, -0.05) is 53.9 Å². The number of fused-ring (bicyclic) bond motifs is 1. The van der Waals surface area contributed by atoms with Crippen molar-refractivity contribution in [3.05, 3.63) is 77.9 Å². The largest absolute Gasteiger partial charge is 0.490 e. The van der Waals surface area contributed by atoms with Crippen LogP contribution in [-0.2, 0) is 4.79 Å². The molecule has 3 aromatic carbocycles. The van der Waals surface area contributed by atoms with Gasteiger partial charge in [-0.2, -0.15) is 0 Å². The van der Waals surface area contributed by atoms with Crippen LogP contribution in [0.15, 0.2) is 66.7 Å². The molecule has 1 aliphatic rings. The number of carboxylic acids is 1. The van der Waals surface area contributed by atoms with Gasteiger partial charge in [0.1, 0.15) is 19.0 Å². The molecule has 33 heavy (non-hydrogen) atoms. The second-order valence-corrected chi connectivity index (χ2v) is 8.00. The zero-order valence-electron chi connectivity index (χ0n) is 18.7. The highest BCUT2D eigenvalue weighted by atomic mass is 16.6. The van der Waals surface area contributed by atoms with E-state index in [1.165, 1.54) is 5.56 Å². The molecule has 0 amide bonds. The average Bonchev–Trinajstić information content (AvgIpc) is 2.82. The molecule has 0 radical (unpaired) electrons. The van der Waals surface area contributed by atoms with Crippen molar-refractivity contribution in [3.63, 3.8) is 0 Å². The molecular formula is C28H26O5. The van der Waals surface area contributed by atoms with E-state index >= 15 is 0 Å². The lowest BCUT2D eigenvalue weighted by Crippen LogP contribution is -2.34. The van der Waals surface area contributed by atoms with E-state index in [9.17, 15) is 4.79 Å². The molecule has 2 atom stereocenters. The minimum absolute atomic E-state index is 0.0295. The second-order valence-electron chi connectivity index (χ2n) is 8.00. The van der Waals surface area contributed by atoms with E-state index in [1.54, 1.807) is 6.92 Å². The fraction of sp³-hybridized carbons (Fsp3) is 0.250. The van der Waals surface area contributed by atoms with E-state index in [1.807, 2.05) is 42.5 Å². The van der Waals surface area contributed by atoms with Gasteiger partial charge >= 0.3 is 5.97 Å². The Morgan fingerprint density at radius 1 is 1.06 bits per heavy atom. The van der Waals surface area contributed by atoms with Gasteiger partial charge in [-0.15, -0.1) is 5.92 Å². The third-order valence-corrected chi connectivity index (χ3v) is 5.46. The highest BCUT2D eigenvalue weighted by Crippen LogP contribution is 2.36. The van der Waals surface area contributed by atoms with E-state index in [4.69, 9.17) is 19.3 Å². The summed E-state index contributed by atoms with van der Waals surface area (Å²) >= 11 is 0. The predicted molar refractivity (Wildman–Crippen MR) is 127 cm³/mol. The maximum Gasteiger partial charge on any atom is 0.304 e. The lowest BCUT2D eigenvalue weighted by molar-refractivity contribution is -0.137. The summed E-state index contributed by atoms with van der Waals surface area (Å²) in [5.41, 5.74) is 4.27. The van der Waals surface area contributed by atoms with E-state index in [0.29, 0.717) is 24.7 Å². The van der Waals surface area contributed by atoms with Crippen molar-refractivity contribution in [2.45, 2.75) is 32.3 Å². The van der Waals surface area contributed by atoms with Gasteiger partial charge in [0.15, 0.2) is 17.6 Å². The first-order valence-electron chi connectivity index (χ1n) is 10.9. The number of aliphatic carboxylic acids is 1. The third kappa shape index (κ3) is 5.67. The number of ether oxygens (including phenoxy) is 3. The van der Waals surface area contributed by atoms with E-state index in [-0.39, 0.29) is 18.4 Å². The molecule has 0 bridgehead atoms. The van der Waals surface area contributed by atoms with Crippen molar-refractivity contribution in [2.75, 3.05) is 13.2 Å². The quantitative estimate of drug-likeness (QED) is 0.492. The van der Waals surface area contributed by atoms with Crippen LogP contribution < -0.4 is 14.2 Å². The normalized spacial score (nSPS) is 15.2. The van der Waals surface area contributed by atoms with Crippen LogP contribution in [0.25, 0.3) is 11.1 Å². The Labute approximate surface area is 193 Å². The van der Waals surface area contributed by atoms with Crippen LogP contribution in [-0.4, -0.2) is 30.4 Å². The molecule has 1 N–H and O–H groups in total. The summed E-state index contributed by atoms with van der Waals surface area (Å²) in [5, 5.41) is 9.10. The highest BCUT2D eigenvalue weighted by molar-refractivity contribution is 5.69. The van der Waals surface area contributed by atoms with Crippen molar-refractivity contribution >= 4 is 5.97 Å². The topological polar surface area (TPSA) is 65.0 Å². The Balaban J connectivity index is 1.38. The molecule has 1 heterocycles. The standard InChI is InChI=1S/C28H26O5/c1-3-4-22(16-28(29)30)21-9-12-24(13-10-21)31-17-25-18-32-26-14-11-23(15-27(26)33-25)20-7-5-19(2)6-8-20/h5-15,22,25H,16-18H2,1-2H3,(H,29,30)/t22-,25-/m0/s1. The number of hydrogen-bond donors (Lipinski definition) is 1. The maximum absolute atomic E-state index is 11.1. The van der Waals surface area contributed by atoms with Crippen molar-refractivity contribution < 1.29 is 24.1 Å². The molecule has 0 fully saturated rings. The summed E-state index contributed by atoms with van der Waals surface area (Å²) in [7, 11) is 0. The first-order valence-corrected chi connectivity index (χ1v) is 10.9. The van der Waals surface area contributed by atoms with Crippen LogP contribution >= 0.6 is 0 Å². The van der Waals surface area contributed by atoms with Crippen molar-refractivity contribution in [2.24, 2.45) is 0 Å². The van der Waals surface area contributed by atoms with Crippen LogP contribution in [0.4, 0.5) is 0 Å². The summed E-state index contributed by atoms with van der Waals surface area (Å²) in [6, 6.07) is 21.7. The Kier molecular flexibility index (Phi) is 6.85. The maximum atomic E-state index is 11.1. The van der Waals surface area contributed by atoms with Gasteiger partial charge in [0.05, 0.1) is 12.3 Å². The molecule has 0 aliphatic carbocycles. The Bertz CT molecular complexity index is 1170. The lowest BCUT2D eigenvalue weighted by Gasteiger charge is -2.27.